The van der Waals surface area contributed by atoms with Crippen LogP contribution in [0.2, 0.25) is 0 Å². The van der Waals surface area contributed by atoms with Crippen molar-refractivity contribution in [2.75, 3.05) is 26.5 Å². The number of hydrogen-bond donors (Lipinski definition) is 0. The molecule has 0 radical (unpaired) electrons. The summed E-state index contributed by atoms with van der Waals surface area (Å²) in [6.45, 7) is 22.6. The van der Waals surface area contributed by atoms with Crippen molar-refractivity contribution in [3.63, 3.8) is 0 Å². The second kappa shape index (κ2) is 20.8. The van der Waals surface area contributed by atoms with Crippen LogP contribution in [-0.2, 0) is 33.9 Å². The Morgan fingerprint density at radius 1 is 0.857 bits per heavy atom. The van der Waals surface area contributed by atoms with Gasteiger partial charge >= 0.3 is 13.6 Å². The molecule has 10 heteroatoms. The fourth-order valence-electron chi connectivity index (χ4n) is 7.18. The summed E-state index contributed by atoms with van der Waals surface area (Å²) in [5.74, 6) is 3.28. The van der Waals surface area contributed by atoms with Crippen LogP contribution in [0.25, 0.3) is 0 Å². The minimum absolute atomic E-state index is 0.00935. The zero-order valence-electron chi connectivity index (χ0n) is 32.9. The van der Waals surface area contributed by atoms with Gasteiger partial charge in [0.25, 0.3) is 0 Å². The predicted molar refractivity (Wildman–Crippen MR) is 203 cm³/mol. The minimum atomic E-state index is -3.81. The van der Waals surface area contributed by atoms with Crippen molar-refractivity contribution in [1.29, 1.82) is 0 Å². The number of hydrogen-bond acceptors (Lipinski definition) is 8. The summed E-state index contributed by atoms with van der Waals surface area (Å²) in [4.78, 5) is 13.2. The normalized spacial score (nSPS) is 19.5. The number of ether oxygens (including phenoxy) is 2. The van der Waals surface area contributed by atoms with Gasteiger partial charge in [0.15, 0.2) is 0 Å². The highest BCUT2D eigenvalue weighted by Crippen LogP contribution is 2.69. The second-order valence-electron chi connectivity index (χ2n) is 15.2. The van der Waals surface area contributed by atoms with E-state index in [2.05, 4.69) is 34.6 Å². The molecule has 1 aromatic carbocycles. The Labute approximate surface area is 299 Å². The van der Waals surface area contributed by atoms with Crippen LogP contribution in [0.15, 0.2) is 6.07 Å². The zero-order chi connectivity index (χ0) is 36.8. The Morgan fingerprint density at radius 3 is 1.96 bits per heavy atom. The largest absolute Gasteiger partial charge is 0.487 e. The lowest BCUT2D eigenvalue weighted by Crippen LogP contribution is -2.36. The highest BCUT2D eigenvalue weighted by atomic mass is 31.2. The molecule has 0 N–H and O–H groups in total. The molecular formula is C39H70O8P2. The van der Waals surface area contributed by atoms with Crippen LogP contribution in [0.1, 0.15) is 149 Å². The summed E-state index contributed by atoms with van der Waals surface area (Å²) in [5, 5.41) is -1.07. The van der Waals surface area contributed by atoms with Gasteiger partial charge in [0.2, 0.25) is 7.37 Å². The molecule has 0 aliphatic carbocycles. The summed E-state index contributed by atoms with van der Waals surface area (Å²) < 4.78 is 56.3. The SMILES string of the molecule is CCOP(C)(=O)C(CCC(=O)Oc1c(C)cc2c(c1C)CCC(C)(CCCC(C)CCCC(C)CCCC(C)C)O2)P(=O)(OCC)OCC. The van der Waals surface area contributed by atoms with Gasteiger partial charge in [0.05, 0.1) is 19.8 Å². The van der Waals surface area contributed by atoms with E-state index >= 15 is 0 Å². The van der Waals surface area contributed by atoms with Crippen LogP contribution in [0.5, 0.6) is 11.5 Å². The molecule has 1 heterocycles. The summed E-state index contributed by atoms with van der Waals surface area (Å²) in [6.07, 6.45) is 13.1. The van der Waals surface area contributed by atoms with E-state index in [9.17, 15) is 13.9 Å². The summed E-state index contributed by atoms with van der Waals surface area (Å²) in [5.41, 5.74) is 2.58. The monoisotopic (exact) mass is 728 g/mol. The molecule has 2 rings (SSSR count). The number of carbonyl (C=O) groups is 1. The first-order valence-electron chi connectivity index (χ1n) is 19.1. The zero-order valence-corrected chi connectivity index (χ0v) is 34.6. The van der Waals surface area contributed by atoms with Crippen molar-refractivity contribution in [3.8, 4) is 11.5 Å². The average molecular weight is 729 g/mol. The molecule has 284 valence electrons. The lowest BCUT2D eigenvalue weighted by atomic mass is 9.85. The highest BCUT2D eigenvalue weighted by molar-refractivity contribution is 7.74. The lowest BCUT2D eigenvalue weighted by molar-refractivity contribution is -0.134. The van der Waals surface area contributed by atoms with E-state index in [1.54, 1.807) is 20.8 Å². The van der Waals surface area contributed by atoms with Gasteiger partial charge in [0.1, 0.15) is 22.5 Å². The van der Waals surface area contributed by atoms with Gasteiger partial charge in [-0.15, -0.1) is 0 Å². The maximum absolute atomic E-state index is 13.7. The van der Waals surface area contributed by atoms with Gasteiger partial charge < -0.3 is 23.0 Å². The van der Waals surface area contributed by atoms with Crippen molar-refractivity contribution >= 4 is 20.9 Å². The van der Waals surface area contributed by atoms with Crippen LogP contribution in [-0.4, -0.2) is 43.5 Å². The fraction of sp³-hybridized carbons (Fsp3) is 0.821. The Balaban J connectivity index is 1.98. The molecule has 0 amide bonds. The maximum Gasteiger partial charge on any atom is 0.343 e. The molecule has 1 aromatic rings. The minimum Gasteiger partial charge on any atom is -0.487 e. The lowest BCUT2D eigenvalue weighted by Gasteiger charge is -2.37. The number of benzene rings is 1. The topological polar surface area (TPSA) is 97.4 Å². The number of fused-ring (bicyclic) bond motifs is 1. The van der Waals surface area contributed by atoms with E-state index in [0.29, 0.717) is 5.75 Å². The maximum atomic E-state index is 13.7. The number of esters is 1. The summed E-state index contributed by atoms with van der Waals surface area (Å²) >= 11 is 0. The first-order chi connectivity index (χ1) is 23.0. The van der Waals surface area contributed by atoms with E-state index in [1.165, 1.54) is 51.6 Å². The van der Waals surface area contributed by atoms with Crippen molar-refractivity contribution in [3.05, 3.63) is 22.8 Å². The molecular weight excluding hydrogens is 658 g/mol. The van der Waals surface area contributed by atoms with Gasteiger partial charge in [0, 0.05) is 18.6 Å². The highest BCUT2D eigenvalue weighted by Gasteiger charge is 2.46. The standard InChI is InChI=1S/C39H70O8P2/c1-12-43-48(11,41)37(49(42,44-13-2)45-14-3)24-23-36(40)46-38-32(8)28-35-34(33(38)9)25-27-39(10,47-35)26-17-22-31(7)21-16-20-30(6)19-15-18-29(4)5/h28-31,37H,12-27H2,1-11H3. The van der Waals surface area contributed by atoms with Crippen molar-refractivity contribution in [2.24, 2.45) is 17.8 Å². The van der Waals surface area contributed by atoms with Gasteiger partial charge in [-0.2, -0.15) is 0 Å². The number of carbonyl (C=O) groups excluding carboxylic acids is 1. The predicted octanol–water partition coefficient (Wildman–Crippen LogP) is 12.0. The molecule has 1 aliphatic rings. The van der Waals surface area contributed by atoms with Gasteiger partial charge in [-0.05, 0) is 109 Å². The van der Waals surface area contributed by atoms with Crippen molar-refractivity contribution in [2.45, 2.75) is 164 Å². The Morgan fingerprint density at radius 2 is 1.41 bits per heavy atom. The molecule has 0 bridgehead atoms. The Bertz CT molecular complexity index is 1250. The van der Waals surface area contributed by atoms with Crippen molar-refractivity contribution < 1.29 is 37.0 Å². The third-order valence-electron chi connectivity index (χ3n) is 10.1. The molecule has 1 aliphatic heterocycles. The van der Waals surface area contributed by atoms with Crippen LogP contribution in [0, 0.1) is 31.6 Å². The summed E-state index contributed by atoms with van der Waals surface area (Å²) in [6, 6.07) is 1.99. The first kappa shape index (κ1) is 44.0. The molecule has 0 saturated carbocycles. The van der Waals surface area contributed by atoms with Gasteiger partial charge in [-0.25, -0.2) is 0 Å². The van der Waals surface area contributed by atoms with Crippen LogP contribution in [0.4, 0.5) is 0 Å². The quantitative estimate of drug-likeness (QED) is 0.0589. The second-order valence-corrected chi connectivity index (χ2v) is 20.6. The van der Waals surface area contributed by atoms with E-state index < -0.39 is 26.3 Å². The third kappa shape index (κ3) is 14.1. The Hall–Kier alpha value is -1.17. The van der Waals surface area contributed by atoms with E-state index in [1.807, 2.05) is 19.9 Å². The molecule has 0 saturated heterocycles. The first-order valence-corrected chi connectivity index (χ1v) is 22.9. The van der Waals surface area contributed by atoms with E-state index in [-0.39, 0.29) is 38.3 Å². The number of rotatable bonds is 24. The number of aryl methyl sites for hydroxylation is 1. The molecule has 8 nitrogen and oxygen atoms in total. The molecule has 0 spiro atoms. The average Bonchev–Trinajstić information content (AvgIpc) is 2.99. The Kier molecular flexibility index (Phi) is 18.6. The fourth-order valence-corrected chi connectivity index (χ4v) is 12.7. The van der Waals surface area contributed by atoms with Gasteiger partial charge in [-0.3, -0.25) is 13.9 Å². The molecule has 5 unspecified atom stereocenters. The van der Waals surface area contributed by atoms with E-state index in [4.69, 9.17) is 23.0 Å². The van der Waals surface area contributed by atoms with Crippen LogP contribution in [0.3, 0.4) is 0 Å². The molecule has 0 aromatic heterocycles. The molecule has 5 atom stereocenters. The van der Waals surface area contributed by atoms with Crippen LogP contribution >= 0.6 is 15.0 Å². The third-order valence-corrected chi connectivity index (χ3v) is 16.5. The molecule has 49 heavy (non-hydrogen) atoms. The smallest absolute Gasteiger partial charge is 0.343 e. The van der Waals surface area contributed by atoms with Crippen molar-refractivity contribution in [1.82, 2.24) is 0 Å². The summed E-state index contributed by atoms with van der Waals surface area (Å²) in [7, 11) is -7.24. The molecule has 0 fully saturated rings. The van der Waals surface area contributed by atoms with E-state index in [0.717, 1.165) is 65.9 Å². The van der Waals surface area contributed by atoms with Gasteiger partial charge in [-0.1, -0.05) is 72.6 Å². The van der Waals surface area contributed by atoms with Crippen LogP contribution < -0.4 is 9.47 Å².